The van der Waals surface area contributed by atoms with Gasteiger partial charge in [-0.25, -0.2) is 0 Å². The second kappa shape index (κ2) is 12.1. The number of rotatable bonds is 9. The molecule has 1 amide bonds. The fraction of sp³-hybridized carbons (Fsp3) is 0.500. The number of hydrogen-bond donors (Lipinski definition) is 0. The highest BCUT2D eigenvalue weighted by atomic mass is 16.5. The van der Waals surface area contributed by atoms with Gasteiger partial charge in [0.05, 0.1) is 24.1 Å². The van der Waals surface area contributed by atoms with Gasteiger partial charge >= 0.3 is 0 Å². The van der Waals surface area contributed by atoms with Crippen molar-refractivity contribution in [3.63, 3.8) is 0 Å². The second-order valence-electron chi connectivity index (χ2n) is 9.44. The highest BCUT2D eigenvalue weighted by Crippen LogP contribution is 2.32. The summed E-state index contributed by atoms with van der Waals surface area (Å²) >= 11 is 0. The Morgan fingerprint density at radius 1 is 1.17 bits per heavy atom. The van der Waals surface area contributed by atoms with Crippen LogP contribution in [0.25, 0.3) is 17.3 Å². The molecule has 1 aromatic heterocycles. The standard InChI is InChI=1S/C28H39N5O2/c1-7-24-25(20-29)27(31(5)26(24)19-21(2)35-6)22-9-11-23(12-10-22)28(34)33-17-15-32(16-18-33)14-8-13-30(3)4/h9-12,19H,7-8,13-18H2,1-6H3/b21-19+. The molecular formula is C28H39N5O2. The predicted molar refractivity (Wildman–Crippen MR) is 141 cm³/mol. The third kappa shape index (κ3) is 6.14. The van der Waals surface area contributed by atoms with Crippen molar-refractivity contribution in [2.75, 3.05) is 60.5 Å². The SMILES string of the molecule is CCc1c(C#N)c(-c2ccc(C(=O)N3CCN(CCCN(C)C)CC3)cc2)n(C)c1/C=C(\C)OC. The molecule has 0 bridgehead atoms. The monoisotopic (exact) mass is 477 g/mol. The maximum absolute atomic E-state index is 13.1. The molecule has 3 rings (SSSR count). The van der Waals surface area contributed by atoms with Gasteiger partial charge in [-0.1, -0.05) is 19.1 Å². The molecule has 188 valence electrons. The van der Waals surface area contributed by atoms with Crippen molar-refractivity contribution >= 4 is 12.0 Å². The van der Waals surface area contributed by atoms with Crippen molar-refractivity contribution in [3.8, 4) is 17.3 Å². The Morgan fingerprint density at radius 2 is 1.83 bits per heavy atom. The number of allylic oxidation sites excluding steroid dienone is 1. The molecule has 35 heavy (non-hydrogen) atoms. The number of ether oxygens (including phenoxy) is 1. The summed E-state index contributed by atoms with van der Waals surface area (Å²) in [7, 11) is 7.82. The molecule has 1 aliphatic heterocycles. The lowest BCUT2D eigenvalue weighted by atomic mass is 10.0. The number of hydrogen-bond acceptors (Lipinski definition) is 5. The van der Waals surface area contributed by atoms with Gasteiger partial charge in [0.15, 0.2) is 0 Å². The van der Waals surface area contributed by atoms with Crippen molar-refractivity contribution in [1.29, 1.82) is 5.26 Å². The van der Waals surface area contributed by atoms with Gasteiger partial charge in [-0.2, -0.15) is 5.26 Å². The molecule has 1 aliphatic rings. The summed E-state index contributed by atoms with van der Waals surface area (Å²) in [4.78, 5) is 19.7. The summed E-state index contributed by atoms with van der Waals surface area (Å²) < 4.78 is 7.40. The molecule has 0 radical (unpaired) electrons. The van der Waals surface area contributed by atoms with Crippen LogP contribution in [0.5, 0.6) is 0 Å². The zero-order valence-electron chi connectivity index (χ0n) is 22.1. The Bertz CT molecular complexity index is 1080. The molecule has 0 unspecified atom stereocenters. The Labute approximate surface area is 210 Å². The van der Waals surface area contributed by atoms with E-state index in [0.717, 1.165) is 80.4 Å². The third-order valence-corrected chi connectivity index (χ3v) is 6.82. The Morgan fingerprint density at radius 3 is 2.37 bits per heavy atom. The smallest absolute Gasteiger partial charge is 0.253 e. The number of carbonyl (C=O) groups is 1. The number of methoxy groups -OCH3 is 1. The van der Waals surface area contributed by atoms with E-state index in [0.29, 0.717) is 11.1 Å². The lowest BCUT2D eigenvalue weighted by molar-refractivity contribution is 0.0634. The number of amides is 1. The van der Waals surface area contributed by atoms with E-state index in [1.807, 2.05) is 53.8 Å². The Hall–Kier alpha value is -3.08. The second-order valence-corrected chi connectivity index (χ2v) is 9.44. The number of aromatic nitrogens is 1. The van der Waals surface area contributed by atoms with Gasteiger partial charge in [-0.15, -0.1) is 0 Å². The lowest BCUT2D eigenvalue weighted by Crippen LogP contribution is -2.49. The van der Waals surface area contributed by atoms with Crippen molar-refractivity contribution in [3.05, 3.63) is 52.4 Å². The van der Waals surface area contributed by atoms with E-state index in [2.05, 4.69) is 36.9 Å². The van der Waals surface area contributed by atoms with Crippen LogP contribution in [0.1, 0.15) is 47.4 Å². The molecule has 7 heteroatoms. The summed E-state index contributed by atoms with van der Waals surface area (Å²) in [6.45, 7) is 9.48. The van der Waals surface area contributed by atoms with Crippen LogP contribution < -0.4 is 0 Å². The lowest BCUT2D eigenvalue weighted by Gasteiger charge is -2.35. The van der Waals surface area contributed by atoms with Crippen molar-refractivity contribution in [2.24, 2.45) is 7.05 Å². The van der Waals surface area contributed by atoms with E-state index in [1.54, 1.807) is 7.11 Å². The highest BCUT2D eigenvalue weighted by molar-refractivity contribution is 5.95. The minimum absolute atomic E-state index is 0.0745. The van der Waals surface area contributed by atoms with Crippen LogP contribution in [0.3, 0.4) is 0 Å². The van der Waals surface area contributed by atoms with Crippen LogP contribution in [0.15, 0.2) is 30.0 Å². The number of nitrogens with zero attached hydrogens (tertiary/aromatic N) is 5. The zero-order chi connectivity index (χ0) is 25.5. The van der Waals surface area contributed by atoms with Crippen LogP contribution in [-0.4, -0.2) is 85.6 Å². The fourth-order valence-electron chi connectivity index (χ4n) is 4.75. The number of carbonyl (C=O) groups excluding carboxylic acids is 1. The normalized spacial score (nSPS) is 14.9. The summed E-state index contributed by atoms with van der Waals surface area (Å²) in [5, 5.41) is 9.95. The van der Waals surface area contributed by atoms with Crippen molar-refractivity contribution in [1.82, 2.24) is 19.3 Å². The van der Waals surface area contributed by atoms with E-state index in [9.17, 15) is 10.1 Å². The molecule has 1 fully saturated rings. The molecule has 0 N–H and O–H groups in total. The van der Waals surface area contributed by atoms with E-state index in [-0.39, 0.29) is 5.91 Å². The van der Waals surface area contributed by atoms with Gasteiger partial charge in [0, 0.05) is 44.5 Å². The maximum atomic E-state index is 13.1. The van der Waals surface area contributed by atoms with Gasteiger partial charge in [0.25, 0.3) is 5.91 Å². The topological polar surface area (TPSA) is 64.7 Å². The van der Waals surface area contributed by atoms with Gasteiger partial charge in [0.1, 0.15) is 6.07 Å². The third-order valence-electron chi connectivity index (χ3n) is 6.82. The molecule has 0 spiro atoms. The molecule has 1 aromatic carbocycles. The molecule has 0 saturated carbocycles. The molecular weight excluding hydrogens is 438 g/mol. The van der Waals surface area contributed by atoms with Crippen molar-refractivity contribution in [2.45, 2.75) is 26.7 Å². The van der Waals surface area contributed by atoms with Gasteiger partial charge in [-0.05, 0) is 76.3 Å². The first-order valence-corrected chi connectivity index (χ1v) is 12.4. The average molecular weight is 478 g/mol. The quantitative estimate of drug-likeness (QED) is 0.514. The minimum Gasteiger partial charge on any atom is -0.501 e. The number of nitriles is 1. The summed E-state index contributed by atoms with van der Waals surface area (Å²) in [6.07, 6.45) is 3.87. The van der Waals surface area contributed by atoms with Crippen LogP contribution in [0.2, 0.25) is 0 Å². The van der Waals surface area contributed by atoms with Crippen LogP contribution in [0, 0.1) is 11.3 Å². The highest BCUT2D eigenvalue weighted by Gasteiger charge is 2.23. The van der Waals surface area contributed by atoms with Gasteiger partial charge in [-0.3, -0.25) is 9.69 Å². The summed E-state index contributed by atoms with van der Waals surface area (Å²) in [5.41, 5.74) is 5.13. The molecule has 7 nitrogen and oxygen atoms in total. The molecule has 0 aliphatic carbocycles. The van der Waals surface area contributed by atoms with Gasteiger partial charge in [0.2, 0.25) is 0 Å². The van der Waals surface area contributed by atoms with Crippen LogP contribution in [-0.2, 0) is 18.2 Å². The molecule has 0 atom stereocenters. The predicted octanol–water partition coefficient (Wildman–Crippen LogP) is 3.84. The average Bonchev–Trinajstić information content (AvgIpc) is 3.14. The molecule has 2 aromatic rings. The van der Waals surface area contributed by atoms with E-state index < -0.39 is 0 Å². The minimum atomic E-state index is 0.0745. The van der Waals surface area contributed by atoms with E-state index in [1.165, 1.54) is 0 Å². The zero-order valence-corrected chi connectivity index (χ0v) is 22.1. The largest absolute Gasteiger partial charge is 0.501 e. The molecule has 2 heterocycles. The number of benzene rings is 1. The molecule has 1 saturated heterocycles. The Balaban J connectivity index is 1.75. The van der Waals surface area contributed by atoms with Crippen molar-refractivity contribution < 1.29 is 9.53 Å². The first-order valence-electron chi connectivity index (χ1n) is 12.4. The first kappa shape index (κ1) is 26.5. The Kier molecular flexibility index (Phi) is 9.13. The fourth-order valence-corrected chi connectivity index (χ4v) is 4.75. The van der Waals surface area contributed by atoms with E-state index >= 15 is 0 Å². The van der Waals surface area contributed by atoms with Crippen LogP contribution >= 0.6 is 0 Å². The first-order chi connectivity index (χ1) is 16.8. The van der Waals surface area contributed by atoms with Gasteiger partial charge < -0.3 is 19.1 Å². The van der Waals surface area contributed by atoms with Crippen LogP contribution in [0.4, 0.5) is 0 Å². The maximum Gasteiger partial charge on any atom is 0.253 e. The summed E-state index contributed by atoms with van der Waals surface area (Å²) in [5.74, 6) is 0.862. The summed E-state index contributed by atoms with van der Waals surface area (Å²) in [6, 6.07) is 10.1. The number of piperazine rings is 1. The van der Waals surface area contributed by atoms with E-state index in [4.69, 9.17) is 4.74 Å².